The van der Waals surface area contributed by atoms with Gasteiger partial charge in [0.1, 0.15) is 0 Å². The van der Waals surface area contributed by atoms with E-state index in [4.69, 9.17) is 26.4 Å². The molecule has 6 nitrogen and oxygen atoms in total. The minimum absolute atomic E-state index is 0.420. The van der Waals surface area contributed by atoms with Crippen molar-refractivity contribution < 1.29 is 19.0 Å². The molecular formula is C23H26N2O4S. The van der Waals surface area contributed by atoms with Crippen LogP contribution in [0.5, 0.6) is 11.5 Å². The van der Waals surface area contributed by atoms with Crippen LogP contribution in [-0.2, 0) is 9.53 Å². The molecule has 1 heterocycles. The molecular weight excluding hydrogens is 400 g/mol. The van der Waals surface area contributed by atoms with Crippen LogP contribution in [0.15, 0.2) is 47.7 Å². The minimum atomic E-state index is -0.480. The third-order valence-electron chi connectivity index (χ3n) is 5.10. The molecule has 0 bridgehead atoms. The number of anilines is 1. The Hall–Kier alpha value is -3.06. The van der Waals surface area contributed by atoms with Crippen molar-refractivity contribution in [3.05, 3.63) is 64.4 Å². The summed E-state index contributed by atoms with van der Waals surface area (Å²) in [6.07, 6.45) is 0. The molecule has 3 rings (SSSR count). The highest BCUT2D eigenvalue weighted by atomic mass is 32.1. The lowest BCUT2D eigenvalue weighted by molar-refractivity contribution is -0.136. The number of ether oxygens (including phenoxy) is 3. The normalized spacial score (nSPS) is 16.3. The maximum atomic E-state index is 12.8. The molecule has 0 aromatic heterocycles. The Morgan fingerprint density at radius 1 is 0.967 bits per heavy atom. The highest BCUT2D eigenvalue weighted by Crippen LogP contribution is 2.37. The summed E-state index contributed by atoms with van der Waals surface area (Å²) >= 11 is 5.71. The molecule has 7 heteroatoms. The van der Waals surface area contributed by atoms with Crippen LogP contribution in [0.4, 0.5) is 5.69 Å². The van der Waals surface area contributed by atoms with Crippen molar-refractivity contribution in [1.29, 1.82) is 0 Å². The zero-order valence-corrected chi connectivity index (χ0v) is 18.8. The van der Waals surface area contributed by atoms with E-state index in [1.807, 2.05) is 49.9 Å². The number of rotatable bonds is 5. The van der Waals surface area contributed by atoms with Crippen LogP contribution in [0.1, 0.15) is 29.7 Å². The molecule has 0 amide bonds. The van der Waals surface area contributed by atoms with Crippen LogP contribution < -0.4 is 19.7 Å². The molecule has 1 aliphatic rings. The van der Waals surface area contributed by atoms with Gasteiger partial charge in [-0.3, -0.25) is 4.90 Å². The Balaban J connectivity index is 2.16. The van der Waals surface area contributed by atoms with Crippen LogP contribution in [-0.4, -0.2) is 32.4 Å². The van der Waals surface area contributed by atoms with Crippen molar-refractivity contribution >= 4 is 29.0 Å². The van der Waals surface area contributed by atoms with Crippen LogP contribution in [0.3, 0.4) is 0 Å². The summed E-state index contributed by atoms with van der Waals surface area (Å²) in [7, 11) is 4.53. The second kappa shape index (κ2) is 8.75. The van der Waals surface area contributed by atoms with E-state index in [2.05, 4.69) is 11.4 Å². The van der Waals surface area contributed by atoms with Gasteiger partial charge in [0.15, 0.2) is 16.6 Å². The fourth-order valence-corrected chi connectivity index (χ4v) is 4.15. The van der Waals surface area contributed by atoms with E-state index in [1.54, 1.807) is 20.3 Å². The largest absolute Gasteiger partial charge is 0.493 e. The first-order chi connectivity index (χ1) is 14.3. The number of nitrogens with zero attached hydrogens (tertiary/aromatic N) is 1. The van der Waals surface area contributed by atoms with Crippen molar-refractivity contribution in [2.45, 2.75) is 26.8 Å². The Labute approximate surface area is 182 Å². The van der Waals surface area contributed by atoms with E-state index in [1.165, 1.54) is 7.11 Å². The second-order valence-electron chi connectivity index (χ2n) is 7.17. The van der Waals surface area contributed by atoms with Crippen LogP contribution in [0.25, 0.3) is 0 Å². The van der Waals surface area contributed by atoms with Gasteiger partial charge in [-0.2, -0.15) is 0 Å². The average molecular weight is 427 g/mol. The lowest BCUT2D eigenvalue weighted by atomic mass is 9.94. The van der Waals surface area contributed by atoms with Gasteiger partial charge in [-0.1, -0.05) is 12.1 Å². The first kappa shape index (κ1) is 21.6. The number of carbonyl (C=O) groups excluding carboxylic acids is 1. The molecule has 0 spiro atoms. The fraction of sp³-hybridized carbons (Fsp3) is 0.304. The van der Waals surface area contributed by atoms with E-state index >= 15 is 0 Å². The number of esters is 1. The maximum absolute atomic E-state index is 12.8. The maximum Gasteiger partial charge on any atom is 0.337 e. The summed E-state index contributed by atoms with van der Waals surface area (Å²) in [5, 5.41) is 3.81. The Bertz CT molecular complexity index is 1010. The quantitative estimate of drug-likeness (QED) is 0.568. The van der Waals surface area contributed by atoms with Gasteiger partial charge in [0.25, 0.3) is 0 Å². The van der Waals surface area contributed by atoms with E-state index in [0.29, 0.717) is 22.2 Å². The lowest BCUT2D eigenvalue weighted by Gasteiger charge is -2.37. The molecule has 1 unspecified atom stereocenters. The molecule has 2 aromatic carbocycles. The Morgan fingerprint density at radius 3 is 2.17 bits per heavy atom. The van der Waals surface area contributed by atoms with Gasteiger partial charge in [-0.05, 0) is 73.9 Å². The van der Waals surface area contributed by atoms with Gasteiger partial charge in [-0.25, -0.2) is 4.79 Å². The molecule has 0 aliphatic carbocycles. The van der Waals surface area contributed by atoms with Crippen molar-refractivity contribution in [3.8, 4) is 11.5 Å². The third-order valence-corrected chi connectivity index (χ3v) is 5.40. The predicted octanol–water partition coefficient (Wildman–Crippen LogP) is 4.20. The number of hydrogen-bond acceptors (Lipinski definition) is 5. The smallest absolute Gasteiger partial charge is 0.337 e. The molecule has 0 saturated carbocycles. The van der Waals surface area contributed by atoms with Gasteiger partial charge in [0, 0.05) is 11.4 Å². The first-order valence-corrected chi connectivity index (χ1v) is 9.91. The third kappa shape index (κ3) is 3.98. The number of aryl methyl sites for hydroxylation is 2. The van der Waals surface area contributed by atoms with E-state index < -0.39 is 12.0 Å². The Kier molecular flexibility index (Phi) is 6.31. The summed E-state index contributed by atoms with van der Waals surface area (Å²) in [6.45, 7) is 5.94. The number of benzene rings is 2. The molecule has 0 saturated heterocycles. The zero-order valence-electron chi connectivity index (χ0n) is 18.0. The topological polar surface area (TPSA) is 60.0 Å². The number of hydrogen-bond donors (Lipinski definition) is 1. The number of carbonyl (C=O) groups is 1. The standard InChI is InChI=1S/C23H26N2O4S/c1-13-9-14(2)11-17(10-13)25-15(3)20(22(26)29-6)21(24-23(25)30)16-7-8-18(27-4)19(12-16)28-5/h7-12,21H,1-6H3,(H,24,30). The summed E-state index contributed by atoms with van der Waals surface area (Å²) in [6, 6.07) is 11.2. The van der Waals surface area contributed by atoms with Crippen molar-refractivity contribution in [2.75, 3.05) is 26.2 Å². The van der Waals surface area contributed by atoms with Gasteiger partial charge in [0.05, 0.1) is 32.9 Å². The molecule has 1 N–H and O–H groups in total. The summed E-state index contributed by atoms with van der Waals surface area (Å²) in [4.78, 5) is 14.7. The summed E-state index contributed by atoms with van der Waals surface area (Å²) in [5.74, 6) is 0.759. The Morgan fingerprint density at radius 2 is 1.60 bits per heavy atom. The molecule has 0 fully saturated rings. The second-order valence-corrected chi connectivity index (χ2v) is 7.56. The SMILES string of the molecule is COC(=O)C1=C(C)N(c2cc(C)cc(C)c2)C(=S)NC1c1ccc(OC)c(OC)c1. The number of allylic oxidation sites excluding steroid dienone is 1. The van der Waals surface area contributed by atoms with Crippen LogP contribution in [0, 0.1) is 13.8 Å². The number of nitrogens with one attached hydrogen (secondary N) is 1. The monoisotopic (exact) mass is 426 g/mol. The molecule has 1 atom stereocenters. The van der Waals surface area contributed by atoms with Gasteiger partial charge >= 0.3 is 5.97 Å². The van der Waals surface area contributed by atoms with Gasteiger partial charge in [0.2, 0.25) is 0 Å². The van der Waals surface area contributed by atoms with Gasteiger partial charge < -0.3 is 19.5 Å². The highest BCUT2D eigenvalue weighted by molar-refractivity contribution is 7.80. The number of thiocarbonyl (C=S) groups is 1. The first-order valence-electron chi connectivity index (χ1n) is 9.50. The molecule has 1 aliphatic heterocycles. The van der Waals surface area contributed by atoms with Gasteiger partial charge in [-0.15, -0.1) is 0 Å². The van der Waals surface area contributed by atoms with Crippen molar-refractivity contribution in [3.63, 3.8) is 0 Å². The average Bonchev–Trinajstić information content (AvgIpc) is 2.71. The van der Waals surface area contributed by atoms with Crippen LogP contribution >= 0.6 is 12.2 Å². The van der Waals surface area contributed by atoms with Crippen molar-refractivity contribution in [1.82, 2.24) is 5.32 Å². The van der Waals surface area contributed by atoms with E-state index in [9.17, 15) is 4.79 Å². The lowest BCUT2D eigenvalue weighted by Crippen LogP contribution is -2.48. The molecule has 30 heavy (non-hydrogen) atoms. The zero-order chi connectivity index (χ0) is 22.0. The molecule has 0 radical (unpaired) electrons. The predicted molar refractivity (Wildman–Crippen MR) is 121 cm³/mol. The highest BCUT2D eigenvalue weighted by Gasteiger charge is 2.35. The van der Waals surface area contributed by atoms with Crippen LogP contribution in [0.2, 0.25) is 0 Å². The summed E-state index contributed by atoms with van der Waals surface area (Å²) < 4.78 is 15.9. The minimum Gasteiger partial charge on any atom is -0.493 e. The van der Waals surface area contributed by atoms with Crippen molar-refractivity contribution in [2.24, 2.45) is 0 Å². The fourth-order valence-electron chi connectivity index (χ4n) is 3.79. The number of methoxy groups -OCH3 is 3. The molecule has 158 valence electrons. The molecule has 2 aromatic rings. The van der Waals surface area contributed by atoms with E-state index in [0.717, 1.165) is 28.1 Å². The summed E-state index contributed by atoms with van der Waals surface area (Å²) in [5.41, 5.74) is 5.14. The van der Waals surface area contributed by atoms with E-state index in [-0.39, 0.29) is 0 Å².